The molecule has 1 N–H and O–H groups in total. The number of nitrogens with one attached hydrogen (secondary N) is 1. The lowest BCUT2D eigenvalue weighted by Gasteiger charge is -2.20. The molecule has 0 radical (unpaired) electrons. The van der Waals surface area contributed by atoms with Gasteiger partial charge in [0.15, 0.2) is 0 Å². The Balaban J connectivity index is 1.76. The smallest absolute Gasteiger partial charge is 0.270 e. The number of hydrogen-bond donors (Lipinski definition) is 1. The average molecular weight is 345 g/mol. The summed E-state index contributed by atoms with van der Waals surface area (Å²) in [5.41, 5.74) is 1.12. The van der Waals surface area contributed by atoms with Gasteiger partial charge in [0.25, 0.3) is 11.6 Å². The van der Waals surface area contributed by atoms with Crippen LogP contribution >= 0.6 is 11.3 Å². The number of non-ortho nitro benzene ring substituents is 1. The molecule has 2 aromatic rings. The lowest BCUT2D eigenvalue weighted by atomic mass is 10.1. The van der Waals surface area contributed by atoms with Crippen molar-refractivity contribution in [2.75, 3.05) is 24.5 Å². The molecular formula is C17H19N3O3S. The highest BCUT2D eigenvalue weighted by molar-refractivity contribution is 7.09. The number of carbonyl (C=O) groups is 1. The second kappa shape index (κ2) is 7.44. The Kier molecular flexibility index (Phi) is 5.10. The van der Waals surface area contributed by atoms with Crippen LogP contribution in [0, 0.1) is 10.1 Å². The van der Waals surface area contributed by atoms with Crippen LogP contribution in [0.1, 0.15) is 28.1 Å². The zero-order valence-electron chi connectivity index (χ0n) is 13.2. The quantitative estimate of drug-likeness (QED) is 0.644. The fraction of sp³-hybridized carbons (Fsp3) is 0.353. The van der Waals surface area contributed by atoms with Gasteiger partial charge in [-0.05, 0) is 36.8 Å². The van der Waals surface area contributed by atoms with Crippen molar-refractivity contribution in [3.8, 4) is 0 Å². The molecule has 1 aromatic carbocycles. The van der Waals surface area contributed by atoms with Crippen molar-refractivity contribution in [2.24, 2.45) is 0 Å². The fourth-order valence-electron chi connectivity index (χ4n) is 2.90. The number of nitro groups is 1. The molecule has 1 amide bonds. The molecule has 1 fully saturated rings. The van der Waals surface area contributed by atoms with E-state index < -0.39 is 4.92 Å². The molecule has 6 nitrogen and oxygen atoms in total. The van der Waals surface area contributed by atoms with Crippen LogP contribution < -0.4 is 10.2 Å². The molecule has 3 rings (SSSR count). The number of amides is 1. The molecule has 0 unspecified atom stereocenters. The highest BCUT2D eigenvalue weighted by Crippen LogP contribution is 2.28. The minimum atomic E-state index is -0.462. The second-order valence-corrected chi connectivity index (χ2v) is 6.77. The number of thiophene rings is 1. The van der Waals surface area contributed by atoms with E-state index in [2.05, 4.69) is 10.2 Å². The first-order chi connectivity index (χ1) is 11.6. The van der Waals surface area contributed by atoms with Crippen molar-refractivity contribution in [1.82, 2.24) is 5.32 Å². The maximum Gasteiger partial charge on any atom is 0.270 e. The standard InChI is InChI=1S/C17H19N3O3S/c21-17(18-8-7-14-4-3-11-24-14)15-12-13(20(22)23)5-6-16(15)19-9-1-2-10-19/h3-6,11-12H,1-2,7-10H2,(H,18,21). The number of carbonyl (C=O) groups excluding carboxylic acids is 1. The Bertz CT molecular complexity index is 725. The van der Waals surface area contributed by atoms with Crippen LogP contribution in [0.3, 0.4) is 0 Å². The number of benzene rings is 1. The summed E-state index contributed by atoms with van der Waals surface area (Å²) >= 11 is 1.65. The summed E-state index contributed by atoms with van der Waals surface area (Å²) in [4.78, 5) is 26.5. The van der Waals surface area contributed by atoms with E-state index in [-0.39, 0.29) is 11.6 Å². The molecule has 0 aliphatic carbocycles. The Morgan fingerprint density at radius 3 is 2.75 bits per heavy atom. The van der Waals surface area contributed by atoms with E-state index in [4.69, 9.17) is 0 Å². The summed E-state index contributed by atoms with van der Waals surface area (Å²) in [7, 11) is 0. The maximum absolute atomic E-state index is 12.6. The molecule has 1 saturated heterocycles. The molecule has 0 bridgehead atoms. The number of rotatable bonds is 6. The van der Waals surface area contributed by atoms with Crippen molar-refractivity contribution in [1.29, 1.82) is 0 Å². The summed E-state index contributed by atoms with van der Waals surface area (Å²) in [5, 5.41) is 15.9. The van der Waals surface area contributed by atoms with Crippen molar-refractivity contribution < 1.29 is 9.72 Å². The number of nitro benzene ring substituents is 1. The van der Waals surface area contributed by atoms with Gasteiger partial charge in [-0.25, -0.2) is 0 Å². The predicted molar refractivity (Wildman–Crippen MR) is 94.9 cm³/mol. The number of hydrogen-bond acceptors (Lipinski definition) is 5. The summed E-state index contributed by atoms with van der Waals surface area (Å²) in [6.45, 7) is 2.28. The molecule has 24 heavy (non-hydrogen) atoms. The van der Waals surface area contributed by atoms with Crippen LogP contribution in [0.25, 0.3) is 0 Å². The third-order valence-electron chi connectivity index (χ3n) is 4.12. The van der Waals surface area contributed by atoms with Crippen LogP contribution in [0.2, 0.25) is 0 Å². The Labute approximate surface area is 144 Å². The monoisotopic (exact) mass is 345 g/mol. The first-order valence-electron chi connectivity index (χ1n) is 7.99. The van der Waals surface area contributed by atoms with E-state index >= 15 is 0 Å². The predicted octanol–water partition coefficient (Wildman–Crippen LogP) is 3.23. The zero-order valence-corrected chi connectivity index (χ0v) is 14.1. The van der Waals surface area contributed by atoms with E-state index in [1.807, 2.05) is 17.5 Å². The first kappa shape index (κ1) is 16.4. The SMILES string of the molecule is O=C(NCCc1cccs1)c1cc([N+](=O)[O-])ccc1N1CCCC1. The van der Waals surface area contributed by atoms with Crippen LogP contribution in [0.5, 0.6) is 0 Å². The molecule has 1 aromatic heterocycles. The van der Waals surface area contributed by atoms with Gasteiger partial charge in [0, 0.05) is 36.6 Å². The molecule has 1 aliphatic rings. The van der Waals surface area contributed by atoms with E-state index in [0.717, 1.165) is 38.0 Å². The van der Waals surface area contributed by atoms with Crippen molar-refractivity contribution in [3.05, 3.63) is 56.3 Å². The molecular weight excluding hydrogens is 326 g/mol. The van der Waals surface area contributed by atoms with Gasteiger partial charge < -0.3 is 10.2 Å². The highest BCUT2D eigenvalue weighted by atomic mass is 32.1. The van der Waals surface area contributed by atoms with Crippen molar-refractivity contribution >= 4 is 28.6 Å². The van der Waals surface area contributed by atoms with Crippen molar-refractivity contribution in [3.63, 3.8) is 0 Å². The van der Waals surface area contributed by atoms with Gasteiger partial charge >= 0.3 is 0 Å². The molecule has 126 valence electrons. The Morgan fingerprint density at radius 1 is 1.29 bits per heavy atom. The summed E-state index contributed by atoms with van der Waals surface area (Å²) in [6, 6.07) is 8.55. The molecule has 7 heteroatoms. The molecule has 1 aliphatic heterocycles. The van der Waals surface area contributed by atoms with Crippen LogP contribution in [-0.4, -0.2) is 30.5 Å². The molecule has 0 saturated carbocycles. The number of anilines is 1. The van der Waals surface area contributed by atoms with Gasteiger partial charge in [0.2, 0.25) is 0 Å². The Hall–Kier alpha value is -2.41. The van der Waals surface area contributed by atoms with Crippen LogP contribution in [-0.2, 0) is 6.42 Å². The fourth-order valence-corrected chi connectivity index (χ4v) is 3.61. The lowest BCUT2D eigenvalue weighted by Crippen LogP contribution is -2.29. The zero-order chi connectivity index (χ0) is 16.9. The second-order valence-electron chi connectivity index (χ2n) is 5.74. The summed E-state index contributed by atoms with van der Waals surface area (Å²) in [6.07, 6.45) is 2.92. The van der Waals surface area contributed by atoms with Gasteiger partial charge in [-0.3, -0.25) is 14.9 Å². The molecule has 0 atom stereocenters. The van der Waals surface area contributed by atoms with Crippen molar-refractivity contribution in [2.45, 2.75) is 19.3 Å². The third kappa shape index (κ3) is 3.73. The van der Waals surface area contributed by atoms with Gasteiger partial charge in [-0.1, -0.05) is 6.07 Å². The first-order valence-corrected chi connectivity index (χ1v) is 8.87. The minimum absolute atomic E-state index is 0.0543. The van der Waals surface area contributed by atoms with Gasteiger partial charge in [-0.2, -0.15) is 0 Å². The highest BCUT2D eigenvalue weighted by Gasteiger charge is 2.22. The lowest BCUT2D eigenvalue weighted by molar-refractivity contribution is -0.384. The Morgan fingerprint density at radius 2 is 2.08 bits per heavy atom. The summed E-state index contributed by atoms with van der Waals surface area (Å²) < 4.78 is 0. The van der Waals surface area contributed by atoms with E-state index in [9.17, 15) is 14.9 Å². The van der Waals surface area contributed by atoms with Crippen LogP contribution in [0.4, 0.5) is 11.4 Å². The topological polar surface area (TPSA) is 75.5 Å². The molecule has 0 spiro atoms. The summed E-state index contributed by atoms with van der Waals surface area (Å²) in [5.74, 6) is -0.253. The van der Waals surface area contributed by atoms with E-state index in [0.29, 0.717) is 12.1 Å². The van der Waals surface area contributed by atoms with Gasteiger partial charge in [0.05, 0.1) is 16.2 Å². The molecule has 2 heterocycles. The van der Waals surface area contributed by atoms with E-state index in [1.165, 1.54) is 17.0 Å². The maximum atomic E-state index is 12.6. The largest absolute Gasteiger partial charge is 0.371 e. The average Bonchev–Trinajstić information content (AvgIpc) is 3.28. The normalized spacial score (nSPS) is 13.9. The third-order valence-corrected chi connectivity index (χ3v) is 5.06. The van der Waals surface area contributed by atoms with E-state index in [1.54, 1.807) is 17.4 Å². The van der Waals surface area contributed by atoms with Gasteiger partial charge in [0.1, 0.15) is 0 Å². The number of nitrogens with zero attached hydrogens (tertiary/aromatic N) is 2. The van der Waals surface area contributed by atoms with Gasteiger partial charge in [-0.15, -0.1) is 11.3 Å². The minimum Gasteiger partial charge on any atom is -0.371 e. The van der Waals surface area contributed by atoms with Crippen LogP contribution in [0.15, 0.2) is 35.7 Å².